The Hall–Kier alpha value is -0.120. The monoisotopic (exact) mass is 176 g/mol. The Morgan fingerprint density at radius 2 is 1.75 bits per heavy atom. The molecule has 12 heavy (non-hydrogen) atoms. The maximum atomic E-state index is 9.34. The van der Waals surface area contributed by atoms with Crippen molar-refractivity contribution in [2.75, 3.05) is 6.61 Å². The van der Waals surface area contributed by atoms with E-state index in [1.807, 2.05) is 27.7 Å². The lowest BCUT2D eigenvalue weighted by Crippen LogP contribution is -2.28. The van der Waals surface area contributed by atoms with Crippen molar-refractivity contribution in [2.24, 2.45) is 5.92 Å². The Balaban J connectivity index is 0.000000561. The van der Waals surface area contributed by atoms with Gasteiger partial charge in [0.1, 0.15) is 6.10 Å². The first kappa shape index (κ1) is 11.9. The highest BCUT2D eigenvalue weighted by Crippen LogP contribution is 2.25. The van der Waals surface area contributed by atoms with E-state index in [1.165, 1.54) is 0 Å². The van der Waals surface area contributed by atoms with Gasteiger partial charge in [-0.1, -0.05) is 20.8 Å². The minimum Gasteiger partial charge on any atom is -0.394 e. The van der Waals surface area contributed by atoms with E-state index in [4.69, 9.17) is 9.84 Å². The number of hydrogen-bond donors (Lipinski definition) is 2. The topological polar surface area (TPSA) is 49.7 Å². The van der Waals surface area contributed by atoms with E-state index in [9.17, 15) is 5.11 Å². The molecular formula is C9H20O3. The summed E-state index contributed by atoms with van der Waals surface area (Å²) in [5.74, 6) is 0.136. The molecule has 1 aliphatic heterocycles. The van der Waals surface area contributed by atoms with E-state index >= 15 is 0 Å². The van der Waals surface area contributed by atoms with Gasteiger partial charge in [0.05, 0.1) is 18.8 Å². The molecule has 1 saturated heterocycles. The second-order valence-corrected chi connectivity index (χ2v) is 2.91. The zero-order valence-electron chi connectivity index (χ0n) is 8.32. The first-order valence-electron chi connectivity index (χ1n) is 4.61. The molecule has 3 nitrogen and oxygen atoms in total. The molecule has 0 aromatic rings. The molecule has 2 N–H and O–H groups in total. The SMILES string of the molecule is CC.C[C@@H]1[C@H](O)[C@@H](CO)O[C@H]1C. The van der Waals surface area contributed by atoms with Crippen LogP contribution in [0, 0.1) is 5.92 Å². The molecule has 4 atom stereocenters. The number of aliphatic hydroxyl groups excluding tert-OH is 2. The Labute approximate surface area is 74.4 Å². The van der Waals surface area contributed by atoms with Crippen LogP contribution in [0.25, 0.3) is 0 Å². The van der Waals surface area contributed by atoms with Crippen LogP contribution in [-0.4, -0.2) is 35.1 Å². The molecule has 74 valence electrons. The minimum atomic E-state index is -0.500. The smallest absolute Gasteiger partial charge is 0.107 e. The first-order chi connectivity index (χ1) is 5.66. The Kier molecular flexibility index (Phi) is 5.46. The maximum Gasteiger partial charge on any atom is 0.107 e. The fourth-order valence-electron chi connectivity index (χ4n) is 1.25. The third-order valence-corrected chi connectivity index (χ3v) is 2.23. The van der Waals surface area contributed by atoms with Crippen LogP contribution in [0.5, 0.6) is 0 Å². The molecule has 0 spiro atoms. The van der Waals surface area contributed by atoms with Crippen LogP contribution in [0.2, 0.25) is 0 Å². The normalized spacial score (nSPS) is 40.5. The van der Waals surface area contributed by atoms with Crippen molar-refractivity contribution in [3.63, 3.8) is 0 Å². The zero-order chi connectivity index (χ0) is 9.72. The fraction of sp³-hybridized carbons (Fsp3) is 1.00. The Bertz CT molecular complexity index is 116. The summed E-state index contributed by atoms with van der Waals surface area (Å²) in [7, 11) is 0. The van der Waals surface area contributed by atoms with Crippen LogP contribution < -0.4 is 0 Å². The molecule has 0 aromatic carbocycles. The van der Waals surface area contributed by atoms with Gasteiger partial charge in [0, 0.05) is 5.92 Å². The fourth-order valence-corrected chi connectivity index (χ4v) is 1.25. The molecule has 0 aromatic heterocycles. The van der Waals surface area contributed by atoms with Crippen molar-refractivity contribution in [3.8, 4) is 0 Å². The lowest BCUT2D eigenvalue weighted by molar-refractivity contribution is -0.0170. The van der Waals surface area contributed by atoms with Gasteiger partial charge in [0.15, 0.2) is 0 Å². The third-order valence-electron chi connectivity index (χ3n) is 2.23. The van der Waals surface area contributed by atoms with Crippen molar-refractivity contribution in [3.05, 3.63) is 0 Å². The van der Waals surface area contributed by atoms with Gasteiger partial charge in [-0.3, -0.25) is 0 Å². The number of ether oxygens (including phenoxy) is 1. The Morgan fingerprint density at radius 1 is 1.25 bits per heavy atom. The van der Waals surface area contributed by atoms with Crippen LogP contribution >= 0.6 is 0 Å². The standard InChI is InChI=1S/C7H14O3.C2H6/c1-4-5(2)10-6(3-8)7(4)9;1-2/h4-9H,3H2,1-2H3;1-2H3/t4-,5-,6+,7-;/m0./s1. The highest BCUT2D eigenvalue weighted by molar-refractivity contribution is 4.85. The van der Waals surface area contributed by atoms with E-state index in [0.717, 1.165) is 0 Å². The molecule has 0 aliphatic carbocycles. The Morgan fingerprint density at radius 3 is 1.92 bits per heavy atom. The van der Waals surface area contributed by atoms with E-state index in [1.54, 1.807) is 0 Å². The molecule has 0 unspecified atom stereocenters. The van der Waals surface area contributed by atoms with Crippen LogP contribution in [0.3, 0.4) is 0 Å². The lowest BCUT2D eigenvalue weighted by Gasteiger charge is -2.11. The van der Waals surface area contributed by atoms with Gasteiger partial charge in [0.2, 0.25) is 0 Å². The average molecular weight is 176 g/mol. The summed E-state index contributed by atoms with van der Waals surface area (Å²) < 4.78 is 5.23. The minimum absolute atomic E-state index is 0.0622. The number of rotatable bonds is 1. The number of aliphatic hydroxyl groups is 2. The predicted octanol–water partition coefficient (Wildman–Crippen LogP) is 0.789. The maximum absolute atomic E-state index is 9.34. The molecule has 1 rings (SSSR count). The molecule has 0 saturated carbocycles. The van der Waals surface area contributed by atoms with Crippen molar-refractivity contribution < 1.29 is 14.9 Å². The van der Waals surface area contributed by atoms with Crippen LogP contribution in [0.1, 0.15) is 27.7 Å². The second kappa shape index (κ2) is 5.51. The molecule has 1 fully saturated rings. The quantitative estimate of drug-likeness (QED) is 0.621. The summed E-state index contributed by atoms with van der Waals surface area (Å²) in [6.07, 6.45) is -0.808. The van der Waals surface area contributed by atoms with Crippen molar-refractivity contribution in [1.82, 2.24) is 0 Å². The lowest BCUT2D eigenvalue weighted by atomic mass is 10.00. The molecule has 0 radical (unpaired) electrons. The van der Waals surface area contributed by atoms with Gasteiger partial charge in [-0.05, 0) is 6.92 Å². The van der Waals surface area contributed by atoms with E-state index in [-0.39, 0.29) is 24.7 Å². The van der Waals surface area contributed by atoms with Crippen molar-refractivity contribution in [2.45, 2.75) is 46.0 Å². The van der Waals surface area contributed by atoms with Crippen LogP contribution in [0.15, 0.2) is 0 Å². The number of hydrogen-bond acceptors (Lipinski definition) is 3. The summed E-state index contributed by atoms with van der Waals surface area (Å²) >= 11 is 0. The summed E-state index contributed by atoms with van der Waals surface area (Å²) in [6, 6.07) is 0. The van der Waals surface area contributed by atoms with Gasteiger partial charge in [-0.2, -0.15) is 0 Å². The third kappa shape index (κ3) is 2.44. The van der Waals surface area contributed by atoms with Gasteiger partial charge >= 0.3 is 0 Å². The molecule has 0 amide bonds. The summed E-state index contributed by atoms with van der Waals surface area (Å²) in [6.45, 7) is 7.74. The molecule has 1 aliphatic rings. The molecule has 1 heterocycles. The molecule has 0 bridgehead atoms. The van der Waals surface area contributed by atoms with E-state index in [2.05, 4.69) is 0 Å². The molecule has 3 heteroatoms. The van der Waals surface area contributed by atoms with Crippen LogP contribution in [0.4, 0.5) is 0 Å². The predicted molar refractivity (Wildman–Crippen MR) is 47.9 cm³/mol. The zero-order valence-corrected chi connectivity index (χ0v) is 8.32. The highest BCUT2D eigenvalue weighted by atomic mass is 16.5. The average Bonchev–Trinajstić information content (AvgIpc) is 2.36. The van der Waals surface area contributed by atoms with Gasteiger partial charge < -0.3 is 14.9 Å². The summed E-state index contributed by atoms with van der Waals surface area (Å²) in [5, 5.41) is 18.0. The summed E-state index contributed by atoms with van der Waals surface area (Å²) in [4.78, 5) is 0. The van der Waals surface area contributed by atoms with Gasteiger partial charge in [-0.15, -0.1) is 0 Å². The van der Waals surface area contributed by atoms with E-state index < -0.39 is 6.10 Å². The van der Waals surface area contributed by atoms with Crippen molar-refractivity contribution in [1.29, 1.82) is 0 Å². The first-order valence-corrected chi connectivity index (χ1v) is 4.61. The van der Waals surface area contributed by atoms with Gasteiger partial charge in [0.25, 0.3) is 0 Å². The largest absolute Gasteiger partial charge is 0.394 e. The van der Waals surface area contributed by atoms with Gasteiger partial charge in [-0.25, -0.2) is 0 Å². The van der Waals surface area contributed by atoms with E-state index in [0.29, 0.717) is 0 Å². The van der Waals surface area contributed by atoms with Crippen LogP contribution in [-0.2, 0) is 4.74 Å². The second-order valence-electron chi connectivity index (χ2n) is 2.91. The molecular weight excluding hydrogens is 156 g/mol. The highest BCUT2D eigenvalue weighted by Gasteiger charge is 2.37. The summed E-state index contributed by atoms with van der Waals surface area (Å²) in [5.41, 5.74) is 0. The van der Waals surface area contributed by atoms with Crippen molar-refractivity contribution >= 4 is 0 Å².